The number of benzene rings is 1. The molecular weight excluding hydrogens is 204 g/mol. The molecule has 0 radical (unpaired) electrons. The summed E-state index contributed by atoms with van der Waals surface area (Å²) in [5.74, 6) is -0.490. The zero-order valence-corrected chi connectivity index (χ0v) is 9.31. The van der Waals surface area contributed by atoms with Crippen LogP contribution in [-0.4, -0.2) is 16.0 Å². The normalized spacial score (nSPS) is 12.1. The van der Waals surface area contributed by atoms with E-state index in [-0.39, 0.29) is 28.8 Å². The van der Waals surface area contributed by atoms with Gasteiger partial charge in [-0.25, -0.2) is 0 Å². The highest BCUT2D eigenvalue weighted by molar-refractivity contribution is 6.00. The van der Waals surface area contributed by atoms with Gasteiger partial charge < -0.3 is 10.2 Å². The summed E-state index contributed by atoms with van der Waals surface area (Å²) in [6.45, 7) is 5.42. The van der Waals surface area contributed by atoms with Crippen molar-refractivity contribution in [3.05, 3.63) is 36.4 Å². The molecule has 1 atom stereocenters. The molecule has 0 bridgehead atoms. The van der Waals surface area contributed by atoms with Crippen molar-refractivity contribution in [1.29, 1.82) is 0 Å². The van der Waals surface area contributed by atoms with Crippen molar-refractivity contribution >= 4 is 5.78 Å². The summed E-state index contributed by atoms with van der Waals surface area (Å²) in [5, 5.41) is 18.6. The number of ketones is 1. The molecule has 1 rings (SSSR count). The van der Waals surface area contributed by atoms with Gasteiger partial charge in [0.15, 0.2) is 5.78 Å². The Morgan fingerprint density at radius 1 is 1.50 bits per heavy atom. The topological polar surface area (TPSA) is 57.5 Å². The number of phenolic OH excluding ortho intramolecular Hbond substituents is 2. The second kappa shape index (κ2) is 5.35. The Labute approximate surface area is 95.0 Å². The van der Waals surface area contributed by atoms with Crippen LogP contribution in [0.4, 0.5) is 0 Å². The van der Waals surface area contributed by atoms with Gasteiger partial charge >= 0.3 is 0 Å². The van der Waals surface area contributed by atoms with Gasteiger partial charge in [-0.15, -0.1) is 6.58 Å². The maximum Gasteiger partial charge on any atom is 0.169 e. The van der Waals surface area contributed by atoms with Crippen molar-refractivity contribution in [2.45, 2.75) is 19.8 Å². The van der Waals surface area contributed by atoms with Crippen LogP contribution in [0.1, 0.15) is 30.1 Å². The molecule has 0 spiro atoms. The van der Waals surface area contributed by atoms with E-state index in [1.165, 1.54) is 18.2 Å². The van der Waals surface area contributed by atoms with E-state index in [9.17, 15) is 9.90 Å². The largest absolute Gasteiger partial charge is 0.508 e. The van der Waals surface area contributed by atoms with Crippen molar-refractivity contribution < 1.29 is 15.0 Å². The number of Topliss-reactive ketones (excluding diaryl/α,β-unsaturated/α-hetero) is 1. The van der Waals surface area contributed by atoms with Gasteiger partial charge in [0.1, 0.15) is 11.5 Å². The lowest BCUT2D eigenvalue weighted by Crippen LogP contribution is -2.11. The Hall–Kier alpha value is -1.77. The van der Waals surface area contributed by atoms with Gasteiger partial charge in [-0.2, -0.15) is 0 Å². The molecule has 2 N–H and O–H groups in total. The minimum absolute atomic E-state index is 0.0483. The van der Waals surface area contributed by atoms with Gasteiger partial charge in [0.2, 0.25) is 0 Å². The molecule has 1 unspecified atom stereocenters. The second-order valence-corrected chi connectivity index (χ2v) is 3.83. The average molecular weight is 220 g/mol. The summed E-state index contributed by atoms with van der Waals surface area (Å²) < 4.78 is 0. The third-order valence-corrected chi connectivity index (χ3v) is 2.50. The zero-order chi connectivity index (χ0) is 12.1. The quantitative estimate of drug-likeness (QED) is 0.592. The van der Waals surface area contributed by atoms with Crippen molar-refractivity contribution in [2.75, 3.05) is 0 Å². The van der Waals surface area contributed by atoms with E-state index in [1.54, 1.807) is 6.08 Å². The highest BCUT2D eigenvalue weighted by Crippen LogP contribution is 2.26. The number of allylic oxidation sites excluding steroid dienone is 1. The lowest BCUT2D eigenvalue weighted by atomic mass is 9.94. The van der Waals surface area contributed by atoms with E-state index in [2.05, 4.69) is 6.58 Å². The van der Waals surface area contributed by atoms with Crippen LogP contribution in [0.2, 0.25) is 0 Å². The van der Waals surface area contributed by atoms with Gasteiger partial charge in [-0.3, -0.25) is 4.79 Å². The minimum Gasteiger partial charge on any atom is -0.508 e. The molecule has 86 valence electrons. The molecular formula is C13H16O3. The van der Waals surface area contributed by atoms with Crippen LogP contribution < -0.4 is 0 Å². The first-order valence-electron chi connectivity index (χ1n) is 5.23. The lowest BCUT2D eigenvalue weighted by Gasteiger charge is -2.10. The summed E-state index contributed by atoms with van der Waals surface area (Å²) in [7, 11) is 0. The smallest absolute Gasteiger partial charge is 0.169 e. The van der Waals surface area contributed by atoms with Crippen molar-refractivity contribution in [3.63, 3.8) is 0 Å². The minimum atomic E-state index is -0.171. The van der Waals surface area contributed by atoms with E-state index in [4.69, 9.17) is 5.11 Å². The molecule has 3 nitrogen and oxygen atoms in total. The molecule has 0 heterocycles. The van der Waals surface area contributed by atoms with Gasteiger partial charge in [0, 0.05) is 12.0 Å². The lowest BCUT2D eigenvalue weighted by molar-refractivity contribution is 0.0922. The van der Waals surface area contributed by atoms with Crippen LogP contribution >= 0.6 is 0 Å². The summed E-state index contributed by atoms with van der Waals surface area (Å²) in [5.41, 5.74) is 0.259. The van der Waals surface area contributed by atoms with Gasteiger partial charge in [-0.1, -0.05) is 13.0 Å². The van der Waals surface area contributed by atoms with Crippen molar-refractivity contribution in [2.24, 2.45) is 5.92 Å². The Balaban J connectivity index is 2.83. The number of hydrogen-bond acceptors (Lipinski definition) is 3. The van der Waals surface area contributed by atoms with Crippen molar-refractivity contribution in [1.82, 2.24) is 0 Å². The van der Waals surface area contributed by atoms with Crippen LogP contribution in [-0.2, 0) is 0 Å². The number of carbonyl (C=O) groups excluding carboxylic acids is 1. The highest BCUT2D eigenvalue weighted by Gasteiger charge is 2.17. The fourth-order valence-electron chi connectivity index (χ4n) is 1.49. The molecule has 1 aromatic rings. The van der Waals surface area contributed by atoms with Crippen LogP contribution in [0.3, 0.4) is 0 Å². The predicted octanol–water partition coefficient (Wildman–Crippen LogP) is 2.88. The molecule has 0 aliphatic heterocycles. The SMILES string of the molecule is C=CCCC(C)C(=O)c1ccc(O)cc1O. The van der Waals surface area contributed by atoms with Crippen LogP contribution in [0.15, 0.2) is 30.9 Å². The predicted molar refractivity (Wildman–Crippen MR) is 62.7 cm³/mol. The summed E-state index contributed by atoms with van der Waals surface area (Å²) in [6, 6.07) is 4.01. The molecule has 1 aromatic carbocycles. The highest BCUT2D eigenvalue weighted by atomic mass is 16.3. The molecule has 0 amide bonds. The molecule has 0 saturated heterocycles. The first kappa shape index (κ1) is 12.3. The Morgan fingerprint density at radius 2 is 2.19 bits per heavy atom. The molecule has 3 heteroatoms. The maximum absolute atomic E-state index is 11.9. The summed E-state index contributed by atoms with van der Waals surface area (Å²) in [4.78, 5) is 11.9. The molecule has 0 aromatic heterocycles. The number of phenols is 2. The maximum atomic E-state index is 11.9. The molecule has 16 heavy (non-hydrogen) atoms. The monoisotopic (exact) mass is 220 g/mol. The zero-order valence-electron chi connectivity index (χ0n) is 9.31. The van der Waals surface area contributed by atoms with Crippen LogP contribution in [0.25, 0.3) is 0 Å². The standard InChI is InChI=1S/C13H16O3/c1-3-4-5-9(2)13(16)11-7-6-10(14)8-12(11)15/h3,6-9,14-15H,1,4-5H2,2H3. The molecule has 0 fully saturated rings. The molecule has 0 aliphatic carbocycles. The van der Waals surface area contributed by atoms with Gasteiger partial charge in [0.25, 0.3) is 0 Å². The Kier molecular flexibility index (Phi) is 4.11. The first-order chi connectivity index (χ1) is 7.56. The van der Waals surface area contributed by atoms with E-state index in [0.29, 0.717) is 6.42 Å². The van der Waals surface area contributed by atoms with E-state index in [1.807, 2.05) is 6.92 Å². The van der Waals surface area contributed by atoms with Gasteiger partial charge in [0.05, 0.1) is 5.56 Å². The summed E-state index contributed by atoms with van der Waals surface area (Å²) in [6.07, 6.45) is 3.24. The average Bonchev–Trinajstić information content (AvgIpc) is 2.25. The van der Waals surface area contributed by atoms with E-state index in [0.717, 1.165) is 6.42 Å². The summed E-state index contributed by atoms with van der Waals surface area (Å²) >= 11 is 0. The first-order valence-corrected chi connectivity index (χ1v) is 5.23. The third kappa shape index (κ3) is 2.86. The van der Waals surface area contributed by atoms with Crippen molar-refractivity contribution in [3.8, 4) is 11.5 Å². The van der Waals surface area contributed by atoms with Gasteiger partial charge in [-0.05, 0) is 25.0 Å². The van der Waals surface area contributed by atoms with Crippen LogP contribution in [0.5, 0.6) is 11.5 Å². The Bertz CT molecular complexity index is 396. The fourth-order valence-corrected chi connectivity index (χ4v) is 1.49. The van der Waals surface area contributed by atoms with E-state index >= 15 is 0 Å². The van der Waals surface area contributed by atoms with Crippen LogP contribution in [0, 0.1) is 5.92 Å². The Morgan fingerprint density at radius 3 is 2.75 bits per heavy atom. The number of aromatic hydroxyl groups is 2. The third-order valence-electron chi connectivity index (χ3n) is 2.50. The second-order valence-electron chi connectivity index (χ2n) is 3.83. The van der Waals surface area contributed by atoms with E-state index < -0.39 is 0 Å². The molecule has 0 aliphatic rings. The number of rotatable bonds is 5. The molecule has 0 saturated carbocycles. The number of carbonyl (C=O) groups is 1. The number of hydrogen-bond donors (Lipinski definition) is 2. The fraction of sp³-hybridized carbons (Fsp3) is 0.308.